The molecule has 0 aliphatic carbocycles. The zero-order valence-electron chi connectivity index (χ0n) is 14.4. The molecule has 0 fully saturated rings. The van der Waals surface area contributed by atoms with E-state index in [4.69, 9.17) is 0 Å². The summed E-state index contributed by atoms with van der Waals surface area (Å²) in [5.41, 5.74) is 1.27. The van der Waals surface area contributed by atoms with Gasteiger partial charge in [-0.2, -0.15) is 17.6 Å². The average Bonchev–Trinajstić information content (AvgIpc) is 2.67. The number of anilines is 1. The summed E-state index contributed by atoms with van der Waals surface area (Å²) in [5.74, 6) is -1.34. The number of amides is 1. The van der Waals surface area contributed by atoms with Crippen molar-refractivity contribution in [2.75, 3.05) is 11.1 Å². The molecule has 150 valence electrons. The minimum absolute atomic E-state index is 0.203. The lowest BCUT2D eigenvalue weighted by Crippen LogP contribution is -2.52. The van der Waals surface area contributed by atoms with Gasteiger partial charge in [0.2, 0.25) is 0 Å². The number of para-hydroxylation sites is 1. The lowest BCUT2D eigenvalue weighted by Gasteiger charge is -2.32. The molecule has 0 spiro atoms. The SMILES string of the molecule is O=Cc1ccccc1NC(=O)C1=Cc2cc3c(cc2SC1)OC(F)(F)C(F)(F)O3. The molecule has 0 saturated heterocycles. The third kappa shape index (κ3) is 3.44. The highest BCUT2D eigenvalue weighted by Gasteiger charge is 2.66. The predicted octanol–water partition coefficient (Wildman–Crippen LogP) is 4.58. The average molecular weight is 425 g/mol. The molecule has 1 N–H and O–H groups in total. The number of hydrogen-bond donors (Lipinski definition) is 1. The molecular weight excluding hydrogens is 414 g/mol. The summed E-state index contributed by atoms with van der Waals surface area (Å²) in [6.45, 7) is 0. The molecule has 0 unspecified atom stereocenters. The Kier molecular flexibility index (Phi) is 4.53. The first-order valence-electron chi connectivity index (χ1n) is 8.21. The molecule has 0 aromatic heterocycles. The fraction of sp³-hybridized carbons (Fsp3) is 0.158. The zero-order chi connectivity index (χ0) is 20.8. The van der Waals surface area contributed by atoms with E-state index in [2.05, 4.69) is 14.8 Å². The van der Waals surface area contributed by atoms with Crippen molar-refractivity contribution in [2.24, 2.45) is 0 Å². The topological polar surface area (TPSA) is 64.6 Å². The minimum Gasteiger partial charge on any atom is -0.421 e. The molecule has 2 aromatic rings. The van der Waals surface area contributed by atoms with Crippen LogP contribution in [0.25, 0.3) is 6.08 Å². The van der Waals surface area contributed by atoms with Crippen LogP contribution in [0.15, 0.2) is 46.9 Å². The number of thioether (sulfide) groups is 1. The second kappa shape index (κ2) is 6.80. The largest absolute Gasteiger partial charge is 0.507 e. The zero-order valence-corrected chi connectivity index (χ0v) is 15.2. The molecule has 0 bridgehead atoms. The molecule has 2 aromatic carbocycles. The van der Waals surface area contributed by atoms with Crippen LogP contribution in [0.4, 0.5) is 23.2 Å². The fourth-order valence-corrected chi connectivity index (χ4v) is 3.78. The Hall–Kier alpha value is -3.01. The van der Waals surface area contributed by atoms with Crippen molar-refractivity contribution in [3.05, 3.63) is 53.1 Å². The molecule has 2 heterocycles. The summed E-state index contributed by atoms with van der Waals surface area (Å²) in [6.07, 6.45) is -7.56. The van der Waals surface area contributed by atoms with Gasteiger partial charge in [-0.1, -0.05) is 12.1 Å². The van der Waals surface area contributed by atoms with Gasteiger partial charge in [-0.15, -0.1) is 11.8 Å². The van der Waals surface area contributed by atoms with E-state index in [0.29, 0.717) is 33.6 Å². The van der Waals surface area contributed by atoms with Crippen LogP contribution in [0.5, 0.6) is 11.5 Å². The quantitative estimate of drug-likeness (QED) is 0.576. The van der Waals surface area contributed by atoms with Crippen molar-refractivity contribution in [2.45, 2.75) is 17.1 Å². The number of carbonyl (C=O) groups excluding carboxylic acids is 2. The first-order valence-corrected chi connectivity index (χ1v) is 9.19. The second-order valence-corrected chi connectivity index (χ2v) is 7.21. The number of aldehydes is 1. The Labute approximate surface area is 165 Å². The lowest BCUT2D eigenvalue weighted by molar-refractivity contribution is -0.391. The van der Waals surface area contributed by atoms with Gasteiger partial charge in [0.05, 0.1) is 5.69 Å². The van der Waals surface area contributed by atoms with E-state index in [9.17, 15) is 27.2 Å². The van der Waals surface area contributed by atoms with Crippen LogP contribution in [-0.4, -0.2) is 30.2 Å². The van der Waals surface area contributed by atoms with E-state index >= 15 is 0 Å². The van der Waals surface area contributed by atoms with Crippen LogP contribution < -0.4 is 14.8 Å². The Morgan fingerprint density at radius 2 is 1.72 bits per heavy atom. The van der Waals surface area contributed by atoms with Crippen LogP contribution in [-0.2, 0) is 4.79 Å². The number of benzene rings is 2. The van der Waals surface area contributed by atoms with E-state index in [1.807, 2.05) is 0 Å². The van der Waals surface area contributed by atoms with Gasteiger partial charge in [-0.25, -0.2) is 0 Å². The standard InChI is InChI=1S/C19H11F4NO4S/c20-18(21)19(22,23)28-15-7-16-11(6-14(15)27-18)5-12(9-29-16)17(26)24-13-4-2-1-3-10(13)8-25/h1-8H,9H2,(H,24,26). The van der Waals surface area contributed by atoms with Crippen LogP contribution in [0, 0.1) is 0 Å². The molecule has 10 heteroatoms. The number of halogens is 4. The lowest BCUT2D eigenvalue weighted by atomic mass is 10.1. The summed E-state index contributed by atoms with van der Waals surface area (Å²) in [7, 11) is 0. The van der Waals surface area contributed by atoms with Crippen LogP contribution in [0.3, 0.4) is 0 Å². The van der Waals surface area contributed by atoms with Gasteiger partial charge in [0, 0.05) is 21.8 Å². The maximum absolute atomic E-state index is 13.4. The summed E-state index contributed by atoms with van der Waals surface area (Å²) in [4.78, 5) is 24.1. The van der Waals surface area contributed by atoms with Gasteiger partial charge >= 0.3 is 12.2 Å². The van der Waals surface area contributed by atoms with Crippen molar-refractivity contribution in [1.82, 2.24) is 0 Å². The number of alkyl halides is 4. The molecule has 2 aliphatic rings. The first-order chi connectivity index (χ1) is 13.7. The van der Waals surface area contributed by atoms with Crippen molar-refractivity contribution < 1.29 is 36.6 Å². The second-order valence-electron chi connectivity index (χ2n) is 6.19. The van der Waals surface area contributed by atoms with Crippen molar-refractivity contribution >= 4 is 35.7 Å². The van der Waals surface area contributed by atoms with Gasteiger partial charge in [-0.3, -0.25) is 9.59 Å². The molecule has 0 atom stereocenters. The van der Waals surface area contributed by atoms with Crippen molar-refractivity contribution in [3.63, 3.8) is 0 Å². The Balaban J connectivity index is 1.63. The van der Waals surface area contributed by atoms with Crippen molar-refractivity contribution in [1.29, 1.82) is 0 Å². The van der Waals surface area contributed by atoms with E-state index in [-0.39, 0.29) is 5.75 Å². The van der Waals surface area contributed by atoms with E-state index in [1.54, 1.807) is 24.3 Å². The Bertz CT molecular complexity index is 1050. The molecular formula is C19H11F4NO4S. The van der Waals surface area contributed by atoms with Crippen LogP contribution in [0.2, 0.25) is 0 Å². The highest BCUT2D eigenvalue weighted by Crippen LogP contribution is 2.49. The van der Waals surface area contributed by atoms with Gasteiger partial charge in [0.15, 0.2) is 17.8 Å². The monoisotopic (exact) mass is 425 g/mol. The number of carbonyl (C=O) groups is 2. The molecule has 0 radical (unpaired) electrons. The third-order valence-electron chi connectivity index (χ3n) is 4.23. The van der Waals surface area contributed by atoms with E-state index < -0.39 is 29.6 Å². The molecule has 4 rings (SSSR count). The number of nitrogens with one attached hydrogen (secondary N) is 1. The summed E-state index contributed by atoms with van der Waals surface area (Å²) >= 11 is 1.15. The fourth-order valence-electron chi connectivity index (χ4n) is 2.78. The third-order valence-corrected chi connectivity index (χ3v) is 5.35. The van der Waals surface area contributed by atoms with Crippen LogP contribution in [0.1, 0.15) is 15.9 Å². The van der Waals surface area contributed by atoms with E-state index in [1.165, 1.54) is 12.1 Å². The number of fused-ring (bicyclic) bond motifs is 2. The molecule has 1 amide bonds. The molecule has 0 saturated carbocycles. The van der Waals surface area contributed by atoms with Crippen molar-refractivity contribution in [3.8, 4) is 11.5 Å². The number of ether oxygens (including phenoxy) is 2. The Morgan fingerprint density at radius 3 is 2.41 bits per heavy atom. The normalized spacial score (nSPS) is 18.3. The summed E-state index contributed by atoms with van der Waals surface area (Å²) in [5, 5.41) is 2.62. The minimum atomic E-state index is -4.82. The maximum atomic E-state index is 13.4. The highest BCUT2D eigenvalue weighted by atomic mass is 32.2. The van der Waals surface area contributed by atoms with Gasteiger partial charge in [-0.05, 0) is 35.9 Å². The predicted molar refractivity (Wildman–Crippen MR) is 96.8 cm³/mol. The summed E-state index contributed by atoms with van der Waals surface area (Å²) in [6, 6.07) is 8.70. The first kappa shape index (κ1) is 19.3. The summed E-state index contributed by atoms with van der Waals surface area (Å²) < 4.78 is 61.7. The highest BCUT2D eigenvalue weighted by molar-refractivity contribution is 7.99. The molecule has 5 nitrogen and oxygen atoms in total. The number of hydrogen-bond acceptors (Lipinski definition) is 5. The van der Waals surface area contributed by atoms with Gasteiger partial charge in [0.1, 0.15) is 0 Å². The Morgan fingerprint density at radius 1 is 1.07 bits per heavy atom. The van der Waals surface area contributed by atoms with Gasteiger partial charge in [0.25, 0.3) is 5.91 Å². The van der Waals surface area contributed by atoms with Gasteiger partial charge < -0.3 is 14.8 Å². The number of rotatable bonds is 3. The molecule has 2 aliphatic heterocycles. The maximum Gasteiger partial charge on any atom is 0.507 e. The van der Waals surface area contributed by atoms with E-state index in [0.717, 1.165) is 17.8 Å². The van der Waals surface area contributed by atoms with Crippen LogP contribution >= 0.6 is 11.8 Å². The smallest absolute Gasteiger partial charge is 0.421 e. The molecule has 29 heavy (non-hydrogen) atoms.